The first-order valence-corrected chi connectivity index (χ1v) is 7.47. The van der Waals surface area contributed by atoms with E-state index in [4.69, 9.17) is 10.7 Å². The molecule has 98 valence electrons. The van der Waals surface area contributed by atoms with E-state index in [2.05, 4.69) is 30.6 Å². The van der Waals surface area contributed by atoms with Gasteiger partial charge in [0, 0.05) is 10.7 Å². The number of halogens is 4. The fraction of sp³-hybridized carbons (Fsp3) is 0.125. The van der Waals surface area contributed by atoms with Gasteiger partial charge in [-0.25, -0.2) is 13.4 Å². The summed E-state index contributed by atoms with van der Waals surface area (Å²) < 4.78 is 51.6. The Morgan fingerprint density at radius 3 is 2.67 bits per heavy atom. The maximum atomic E-state index is 12.3. The van der Waals surface area contributed by atoms with E-state index in [9.17, 15) is 17.2 Å². The van der Waals surface area contributed by atoms with Gasteiger partial charge in [-0.2, -0.15) is 8.78 Å². The Labute approximate surface area is 113 Å². The Balaban J connectivity index is 2.78. The minimum atomic E-state index is -4.22. The number of aromatic nitrogens is 2. The molecule has 0 spiro atoms. The standard InChI is InChI=1S/C8H4BrClF2N2O3S/c9-7-13-3-1-2-4(18(10,15)16)6(5(3)14-7)17-8(11)12/h1-2,8H,(H,13,14). The Morgan fingerprint density at radius 2 is 2.11 bits per heavy atom. The molecule has 0 fully saturated rings. The highest BCUT2D eigenvalue weighted by Crippen LogP contribution is 2.35. The predicted molar refractivity (Wildman–Crippen MR) is 63.5 cm³/mol. The number of ether oxygens (including phenoxy) is 1. The lowest BCUT2D eigenvalue weighted by Gasteiger charge is -2.08. The third-order valence-corrected chi connectivity index (χ3v) is 3.73. The molecule has 0 aliphatic rings. The summed E-state index contributed by atoms with van der Waals surface area (Å²) >= 11 is 3.01. The molecule has 0 aliphatic carbocycles. The highest BCUT2D eigenvalue weighted by Gasteiger charge is 2.23. The van der Waals surface area contributed by atoms with Gasteiger partial charge in [0.1, 0.15) is 10.4 Å². The molecular formula is C8H4BrClF2N2O3S. The molecule has 2 aromatic rings. The fourth-order valence-corrected chi connectivity index (χ4v) is 2.75. The van der Waals surface area contributed by atoms with Crippen molar-refractivity contribution in [1.29, 1.82) is 0 Å². The molecule has 2 rings (SSSR count). The smallest absolute Gasteiger partial charge is 0.387 e. The largest absolute Gasteiger partial charge is 0.431 e. The minimum Gasteiger partial charge on any atom is -0.431 e. The zero-order chi connectivity index (χ0) is 13.5. The van der Waals surface area contributed by atoms with E-state index in [-0.39, 0.29) is 10.3 Å². The number of hydrogen-bond acceptors (Lipinski definition) is 4. The molecule has 0 saturated heterocycles. The molecule has 5 nitrogen and oxygen atoms in total. The molecule has 1 heterocycles. The summed E-state index contributed by atoms with van der Waals surface area (Å²) in [5, 5.41) is 0. The summed E-state index contributed by atoms with van der Waals surface area (Å²) in [7, 11) is 0.935. The Kier molecular flexibility index (Phi) is 3.47. The molecule has 18 heavy (non-hydrogen) atoms. The summed E-state index contributed by atoms with van der Waals surface area (Å²) in [6, 6.07) is 2.41. The highest BCUT2D eigenvalue weighted by molar-refractivity contribution is 9.10. The summed E-state index contributed by atoms with van der Waals surface area (Å²) in [6.07, 6.45) is 0. The molecule has 0 unspecified atom stereocenters. The number of H-pyrrole nitrogens is 1. The molecular weight excluding hydrogens is 358 g/mol. The lowest BCUT2D eigenvalue weighted by atomic mass is 10.3. The molecule has 0 amide bonds. The number of fused-ring (bicyclic) bond motifs is 1. The number of alkyl halides is 2. The van der Waals surface area contributed by atoms with Crippen LogP contribution in [0.3, 0.4) is 0 Å². The second-order valence-electron chi connectivity index (χ2n) is 3.13. The second-order valence-corrected chi connectivity index (χ2v) is 6.42. The first-order chi connectivity index (χ1) is 8.29. The van der Waals surface area contributed by atoms with E-state index in [1.165, 1.54) is 6.07 Å². The van der Waals surface area contributed by atoms with Crippen molar-refractivity contribution in [2.75, 3.05) is 0 Å². The average Bonchev–Trinajstić information content (AvgIpc) is 2.56. The van der Waals surface area contributed by atoms with Crippen molar-refractivity contribution in [2.45, 2.75) is 11.5 Å². The number of nitrogens with one attached hydrogen (secondary N) is 1. The van der Waals surface area contributed by atoms with Crippen LogP contribution < -0.4 is 4.74 Å². The lowest BCUT2D eigenvalue weighted by Crippen LogP contribution is -2.06. The van der Waals surface area contributed by atoms with Gasteiger partial charge >= 0.3 is 6.61 Å². The third kappa shape index (κ3) is 2.57. The van der Waals surface area contributed by atoms with E-state index >= 15 is 0 Å². The topological polar surface area (TPSA) is 72.0 Å². The zero-order valence-corrected chi connectivity index (χ0v) is 11.5. The number of hydrogen-bond donors (Lipinski definition) is 1. The first kappa shape index (κ1) is 13.5. The van der Waals surface area contributed by atoms with E-state index in [0.717, 1.165) is 6.07 Å². The van der Waals surface area contributed by atoms with Crippen LogP contribution in [0.25, 0.3) is 11.0 Å². The van der Waals surface area contributed by atoms with Crippen molar-refractivity contribution in [3.63, 3.8) is 0 Å². The maximum Gasteiger partial charge on any atom is 0.387 e. The molecule has 0 radical (unpaired) electrons. The molecule has 10 heteroatoms. The van der Waals surface area contributed by atoms with Crippen molar-refractivity contribution in [3.8, 4) is 5.75 Å². The molecule has 0 bridgehead atoms. The number of nitrogens with zero attached hydrogens (tertiary/aromatic N) is 1. The fourth-order valence-electron chi connectivity index (χ4n) is 1.40. The normalized spacial score (nSPS) is 12.3. The molecule has 0 saturated carbocycles. The van der Waals surface area contributed by atoms with E-state index in [1.807, 2.05) is 0 Å². The lowest BCUT2D eigenvalue weighted by molar-refractivity contribution is -0.0507. The summed E-state index contributed by atoms with van der Waals surface area (Å²) in [5.41, 5.74) is 0.283. The SMILES string of the molecule is O=S(=O)(Cl)c1ccc2[nH]c(Br)nc2c1OC(F)F. The van der Waals surface area contributed by atoms with Crippen molar-refractivity contribution < 1.29 is 21.9 Å². The predicted octanol–water partition coefficient (Wildman–Crippen LogP) is 2.85. The van der Waals surface area contributed by atoms with Gasteiger partial charge < -0.3 is 9.72 Å². The van der Waals surface area contributed by atoms with Gasteiger partial charge in [-0.3, -0.25) is 0 Å². The van der Waals surface area contributed by atoms with E-state index in [0.29, 0.717) is 5.52 Å². The van der Waals surface area contributed by atoms with Crippen LogP contribution >= 0.6 is 26.6 Å². The zero-order valence-electron chi connectivity index (χ0n) is 8.32. The van der Waals surface area contributed by atoms with Crippen LogP contribution in [0, 0.1) is 0 Å². The quantitative estimate of drug-likeness (QED) is 0.853. The summed E-state index contributed by atoms with van der Waals surface area (Å²) in [4.78, 5) is 5.95. The van der Waals surface area contributed by atoms with Gasteiger partial charge in [-0.1, -0.05) is 0 Å². The van der Waals surface area contributed by atoms with Crippen LogP contribution in [-0.4, -0.2) is 25.0 Å². The van der Waals surface area contributed by atoms with Crippen molar-refractivity contribution in [3.05, 3.63) is 16.9 Å². The number of rotatable bonds is 3. The van der Waals surface area contributed by atoms with Gasteiger partial charge in [-0.05, 0) is 28.1 Å². The van der Waals surface area contributed by atoms with Crippen LogP contribution in [0.15, 0.2) is 21.8 Å². The van der Waals surface area contributed by atoms with Gasteiger partial charge in [0.05, 0.1) is 5.52 Å². The van der Waals surface area contributed by atoms with Gasteiger partial charge in [0.2, 0.25) is 0 Å². The maximum absolute atomic E-state index is 12.3. The number of imidazole rings is 1. The molecule has 0 aliphatic heterocycles. The molecule has 0 atom stereocenters. The third-order valence-electron chi connectivity index (χ3n) is 2.01. The number of aromatic amines is 1. The molecule has 1 aromatic carbocycles. The number of benzene rings is 1. The van der Waals surface area contributed by atoms with Crippen LogP contribution in [0.5, 0.6) is 5.75 Å². The van der Waals surface area contributed by atoms with E-state index in [1.54, 1.807) is 0 Å². The van der Waals surface area contributed by atoms with Crippen LogP contribution in [0.1, 0.15) is 0 Å². The second kappa shape index (κ2) is 4.63. The van der Waals surface area contributed by atoms with E-state index < -0.39 is 26.3 Å². The van der Waals surface area contributed by atoms with Crippen LogP contribution in [-0.2, 0) is 9.05 Å². The highest BCUT2D eigenvalue weighted by atomic mass is 79.9. The molecule has 1 N–H and O–H groups in total. The summed E-state index contributed by atoms with van der Waals surface area (Å²) in [5.74, 6) is -0.584. The van der Waals surface area contributed by atoms with Crippen molar-refractivity contribution in [1.82, 2.24) is 9.97 Å². The average molecular weight is 362 g/mol. The Bertz CT molecular complexity index is 704. The Morgan fingerprint density at radius 1 is 1.44 bits per heavy atom. The van der Waals surface area contributed by atoms with Crippen molar-refractivity contribution >= 4 is 46.7 Å². The van der Waals surface area contributed by atoms with Crippen LogP contribution in [0.4, 0.5) is 8.78 Å². The van der Waals surface area contributed by atoms with Gasteiger partial charge in [0.15, 0.2) is 10.5 Å². The van der Waals surface area contributed by atoms with Gasteiger partial charge in [-0.15, -0.1) is 0 Å². The summed E-state index contributed by atoms with van der Waals surface area (Å²) in [6.45, 7) is -3.19. The Hall–Kier alpha value is -0.930. The monoisotopic (exact) mass is 360 g/mol. The first-order valence-electron chi connectivity index (χ1n) is 4.36. The van der Waals surface area contributed by atoms with Gasteiger partial charge in [0.25, 0.3) is 9.05 Å². The minimum absolute atomic E-state index is 0.0519. The van der Waals surface area contributed by atoms with Crippen LogP contribution in [0.2, 0.25) is 0 Å². The molecule has 1 aromatic heterocycles. The van der Waals surface area contributed by atoms with Crippen molar-refractivity contribution in [2.24, 2.45) is 0 Å².